The minimum absolute atomic E-state index is 0.0458. The molecule has 0 saturated carbocycles. The molecule has 1 unspecified atom stereocenters. The van der Waals surface area contributed by atoms with Crippen LogP contribution in [0.5, 0.6) is 0 Å². The molecular formula is C13H15F2N3O. The number of hydrogen-bond acceptors (Lipinski definition) is 4. The SMILES string of the molecule is CCNC(C)c1nc(Cc2cc(F)cc(F)c2)no1. The largest absolute Gasteiger partial charge is 0.338 e. The summed E-state index contributed by atoms with van der Waals surface area (Å²) in [7, 11) is 0. The molecule has 0 aliphatic carbocycles. The first-order chi connectivity index (χ1) is 9.08. The lowest BCUT2D eigenvalue weighted by atomic mass is 10.1. The van der Waals surface area contributed by atoms with Crippen LogP contribution in [-0.2, 0) is 6.42 Å². The fraction of sp³-hybridized carbons (Fsp3) is 0.385. The van der Waals surface area contributed by atoms with E-state index in [1.54, 1.807) is 0 Å². The molecule has 1 heterocycles. The van der Waals surface area contributed by atoms with Gasteiger partial charge in [0.1, 0.15) is 11.6 Å². The van der Waals surface area contributed by atoms with Gasteiger partial charge in [-0.1, -0.05) is 12.1 Å². The van der Waals surface area contributed by atoms with Crippen molar-refractivity contribution in [3.05, 3.63) is 47.1 Å². The average molecular weight is 267 g/mol. The molecule has 0 aliphatic heterocycles. The van der Waals surface area contributed by atoms with E-state index in [-0.39, 0.29) is 12.5 Å². The Balaban J connectivity index is 2.11. The first-order valence-electron chi connectivity index (χ1n) is 6.09. The summed E-state index contributed by atoms with van der Waals surface area (Å²) in [5, 5.41) is 6.94. The van der Waals surface area contributed by atoms with Crippen molar-refractivity contribution in [1.29, 1.82) is 0 Å². The maximum atomic E-state index is 13.1. The zero-order chi connectivity index (χ0) is 13.8. The van der Waals surface area contributed by atoms with Crippen molar-refractivity contribution in [2.45, 2.75) is 26.3 Å². The van der Waals surface area contributed by atoms with Gasteiger partial charge in [0.25, 0.3) is 0 Å². The smallest absolute Gasteiger partial charge is 0.243 e. The summed E-state index contributed by atoms with van der Waals surface area (Å²) in [5.74, 6) is -0.349. The van der Waals surface area contributed by atoms with Crippen molar-refractivity contribution in [2.24, 2.45) is 0 Å². The highest BCUT2D eigenvalue weighted by Crippen LogP contribution is 2.14. The molecule has 4 nitrogen and oxygen atoms in total. The number of nitrogens with one attached hydrogen (secondary N) is 1. The summed E-state index contributed by atoms with van der Waals surface area (Å²) < 4.78 is 31.2. The number of aromatic nitrogens is 2. The van der Waals surface area contributed by atoms with Crippen molar-refractivity contribution in [2.75, 3.05) is 6.54 Å². The molecule has 0 bridgehead atoms. The average Bonchev–Trinajstić information content (AvgIpc) is 2.76. The summed E-state index contributed by atoms with van der Waals surface area (Å²) in [6.07, 6.45) is 0.233. The normalized spacial score (nSPS) is 12.6. The Kier molecular flexibility index (Phi) is 4.21. The number of rotatable bonds is 5. The summed E-state index contributed by atoms with van der Waals surface area (Å²) in [6, 6.07) is 3.30. The lowest BCUT2D eigenvalue weighted by Gasteiger charge is -2.05. The molecule has 2 aromatic rings. The molecule has 1 aromatic heterocycles. The van der Waals surface area contributed by atoms with E-state index in [9.17, 15) is 8.78 Å². The van der Waals surface area contributed by atoms with E-state index in [0.29, 0.717) is 17.3 Å². The Hall–Kier alpha value is -1.82. The fourth-order valence-electron chi connectivity index (χ4n) is 1.80. The highest BCUT2D eigenvalue weighted by Gasteiger charge is 2.13. The van der Waals surface area contributed by atoms with Gasteiger partial charge in [0.15, 0.2) is 5.82 Å². The minimum Gasteiger partial charge on any atom is -0.338 e. The molecule has 19 heavy (non-hydrogen) atoms. The molecule has 0 fully saturated rings. The van der Waals surface area contributed by atoms with E-state index in [4.69, 9.17) is 4.52 Å². The topological polar surface area (TPSA) is 51.0 Å². The van der Waals surface area contributed by atoms with Gasteiger partial charge in [0.2, 0.25) is 5.89 Å². The van der Waals surface area contributed by atoms with E-state index in [1.165, 1.54) is 12.1 Å². The van der Waals surface area contributed by atoms with Gasteiger partial charge in [-0.2, -0.15) is 4.98 Å². The van der Waals surface area contributed by atoms with Crippen LogP contribution < -0.4 is 5.32 Å². The van der Waals surface area contributed by atoms with Crippen molar-refractivity contribution >= 4 is 0 Å². The van der Waals surface area contributed by atoms with Gasteiger partial charge in [-0.05, 0) is 31.2 Å². The zero-order valence-corrected chi connectivity index (χ0v) is 10.8. The van der Waals surface area contributed by atoms with E-state index in [1.807, 2.05) is 13.8 Å². The highest BCUT2D eigenvalue weighted by molar-refractivity contribution is 5.21. The molecular weight excluding hydrogens is 252 g/mol. The molecule has 0 spiro atoms. The van der Waals surface area contributed by atoms with Gasteiger partial charge < -0.3 is 9.84 Å². The summed E-state index contributed by atoms with van der Waals surface area (Å²) in [5.41, 5.74) is 0.473. The van der Waals surface area contributed by atoms with E-state index >= 15 is 0 Å². The second-order valence-electron chi connectivity index (χ2n) is 4.28. The summed E-state index contributed by atoms with van der Waals surface area (Å²) >= 11 is 0. The van der Waals surface area contributed by atoms with Crippen molar-refractivity contribution < 1.29 is 13.3 Å². The molecule has 0 aliphatic rings. The van der Waals surface area contributed by atoms with Crippen molar-refractivity contribution in [1.82, 2.24) is 15.5 Å². The zero-order valence-electron chi connectivity index (χ0n) is 10.8. The molecule has 0 amide bonds. The van der Waals surface area contributed by atoms with Gasteiger partial charge in [-0.3, -0.25) is 0 Å². The predicted molar refractivity (Wildman–Crippen MR) is 65.6 cm³/mol. The van der Waals surface area contributed by atoms with E-state index < -0.39 is 11.6 Å². The number of halogens is 2. The maximum absolute atomic E-state index is 13.1. The summed E-state index contributed by atoms with van der Waals surface area (Å²) in [4.78, 5) is 4.20. The van der Waals surface area contributed by atoms with Crippen molar-refractivity contribution in [3.63, 3.8) is 0 Å². The van der Waals surface area contributed by atoms with Gasteiger partial charge in [-0.25, -0.2) is 8.78 Å². The Morgan fingerprint density at radius 2 is 1.95 bits per heavy atom. The van der Waals surface area contributed by atoms with Crippen LogP contribution in [0.1, 0.15) is 37.2 Å². The third kappa shape index (κ3) is 3.57. The second kappa shape index (κ2) is 5.88. The monoisotopic (exact) mass is 267 g/mol. The quantitative estimate of drug-likeness (QED) is 0.904. The molecule has 0 saturated heterocycles. The highest BCUT2D eigenvalue weighted by atomic mass is 19.1. The Bertz CT molecular complexity index is 536. The standard InChI is InChI=1S/C13H15F2N3O/c1-3-16-8(2)13-17-12(18-19-13)6-9-4-10(14)7-11(15)5-9/h4-5,7-8,16H,3,6H2,1-2H3. The van der Waals surface area contributed by atoms with E-state index in [0.717, 1.165) is 12.6 Å². The number of nitrogens with zero attached hydrogens (tertiary/aromatic N) is 2. The molecule has 1 atom stereocenters. The second-order valence-corrected chi connectivity index (χ2v) is 4.28. The van der Waals surface area contributed by atoms with Gasteiger partial charge in [0, 0.05) is 12.5 Å². The Morgan fingerprint density at radius 3 is 2.58 bits per heavy atom. The third-order valence-electron chi connectivity index (χ3n) is 2.65. The minimum atomic E-state index is -0.611. The molecule has 2 rings (SSSR count). The fourth-order valence-corrected chi connectivity index (χ4v) is 1.80. The van der Waals surface area contributed by atoms with Gasteiger partial charge in [0.05, 0.1) is 6.04 Å². The first-order valence-corrected chi connectivity index (χ1v) is 6.09. The van der Waals surface area contributed by atoms with Crippen LogP contribution in [0.15, 0.2) is 22.7 Å². The molecule has 102 valence electrons. The van der Waals surface area contributed by atoms with Crippen LogP contribution in [0.2, 0.25) is 0 Å². The maximum Gasteiger partial charge on any atom is 0.243 e. The third-order valence-corrected chi connectivity index (χ3v) is 2.65. The Labute approximate surface area is 109 Å². The predicted octanol–water partition coefficient (Wildman–Crippen LogP) is 2.61. The van der Waals surface area contributed by atoms with Crippen molar-refractivity contribution in [3.8, 4) is 0 Å². The molecule has 1 N–H and O–H groups in total. The molecule has 6 heteroatoms. The van der Waals surface area contributed by atoms with Crippen LogP contribution in [-0.4, -0.2) is 16.7 Å². The lowest BCUT2D eigenvalue weighted by Crippen LogP contribution is -2.17. The van der Waals surface area contributed by atoms with Crippen LogP contribution in [0, 0.1) is 11.6 Å². The number of hydrogen-bond donors (Lipinski definition) is 1. The lowest BCUT2D eigenvalue weighted by molar-refractivity contribution is 0.339. The van der Waals surface area contributed by atoms with Crippen LogP contribution in [0.3, 0.4) is 0 Å². The van der Waals surface area contributed by atoms with Crippen LogP contribution in [0.25, 0.3) is 0 Å². The van der Waals surface area contributed by atoms with Gasteiger partial charge in [-0.15, -0.1) is 0 Å². The summed E-state index contributed by atoms with van der Waals surface area (Å²) in [6.45, 7) is 4.67. The molecule has 0 radical (unpaired) electrons. The van der Waals surface area contributed by atoms with Crippen LogP contribution >= 0.6 is 0 Å². The number of benzene rings is 1. The molecule has 1 aromatic carbocycles. The van der Waals surface area contributed by atoms with Crippen LogP contribution in [0.4, 0.5) is 8.78 Å². The Morgan fingerprint density at radius 1 is 1.26 bits per heavy atom. The van der Waals surface area contributed by atoms with Gasteiger partial charge >= 0.3 is 0 Å². The van der Waals surface area contributed by atoms with E-state index in [2.05, 4.69) is 15.5 Å². The first kappa shape index (κ1) is 13.6.